The van der Waals surface area contributed by atoms with Gasteiger partial charge in [-0.3, -0.25) is 43.7 Å². The lowest BCUT2D eigenvalue weighted by molar-refractivity contribution is -0.339. The first-order valence-electron chi connectivity index (χ1n) is 38.9. The van der Waals surface area contributed by atoms with Gasteiger partial charge in [-0.25, -0.2) is 4.79 Å². The maximum Gasteiger partial charge on any atom is 0.321 e. The van der Waals surface area contributed by atoms with Crippen LogP contribution in [0.1, 0.15) is 162 Å². The molecule has 35 nitrogen and oxygen atoms in total. The molecule has 5 aromatic carbocycles. The number of nitrogens with one attached hydrogen (secondary N) is 10. The monoisotopic (exact) mass is 1630 g/mol. The Morgan fingerprint density at radius 1 is 0.655 bits per heavy atom. The molecule has 620 valence electrons. The predicted octanol–water partition coefficient (Wildman–Crippen LogP) is 1.87. The number of fused-ring (bicyclic) bond motifs is 16. The number of hydrogen-bond acceptors (Lipinski definition) is 26. The fraction of sp³-hybridized carbons (Fsp3) is 0.512. The van der Waals surface area contributed by atoms with E-state index in [0.29, 0.717) is 24.7 Å². The third-order valence-electron chi connectivity index (χ3n) is 23.9. The zero-order valence-electron chi connectivity index (χ0n) is 63.6. The smallest absolute Gasteiger partial charge is 0.321 e. The Bertz CT molecular complexity index is 4730. The summed E-state index contributed by atoms with van der Waals surface area (Å²) < 4.78 is 39.5. The molecule has 13 aliphatic rings. The maximum absolute atomic E-state index is 16.5. The molecule has 2 saturated heterocycles. The average Bonchev–Trinajstić information content (AvgIpc) is 1.54. The minimum absolute atomic E-state index is 0.0695. The highest BCUT2D eigenvalue weighted by molar-refractivity contribution is 6.32. The van der Waals surface area contributed by atoms with E-state index in [1.165, 1.54) is 45.2 Å². The SMILES string of the molecule is CN[C@H](CC(C)C)C(=O)N[C@H]1C(=O)N[C@@H](CC(=O)NC(=O)NC2CC2)C(=O)N[C@H]2C(=O)N[C@H]3C(=O)N[C@H](C(=O)N[C@H](C(=O)NC4C5CC6CC(C5)CC4C6)c4cc(O)cc(O)c4-c4cc3ccc4O)[C@H](O)c3ccc(c(Cl)c3)Oc3cc2cc2c3O[C@@H]3O[C@H](C(O)c4cc(ccc4O2)[C@H]1O)[C@@H](O)[C@H](O)[C@H]3O[C@H]1C[C@](C)(N)[C@H](O)[C@H](C)O1. The number of amides is 10. The van der Waals surface area contributed by atoms with Gasteiger partial charge in [0.15, 0.2) is 23.9 Å². The normalized spacial score (nSPS) is 33.4. The quantitative estimate of drug-likeness (QED) is 0.0847. The summed E-state index contributed by atoms with van der Waals surface area (Å²) in [6.07, 6.45) is -16.1. The Balaban J connectivity index is 0.932. The van der Waals surface area contributed by atoms with Crippen LogP contribution < -0.4 is 73.1 Å². The number of carbonyl (C=O) groups is 9. The van der Waals surface area contributed by atoms with Gasteiger partial charge in [-0.1, -0.05) is 43.6 Å². The minimum Gasteiger partial charge on any atom is -0.508 e. The van der Waals surface area contributed by atoms with Gasteiger partial charge in [0.1, 0.15) is 102 Å². The predicted molar refractivity (Wildman–Crippen MR) is 404 cm³/mol. The molecule has 0 aromatic heterocycles. The standard InChI is InChI=1S/C80H94ClN11O24/c1-29(2)14-45(83-5)71(103)91-60-62(97)34-7-12-49-42(21-34)64(99)68-65(100)66(101)69(114-54-28-80(4,82)70(102)30(3)111-54)78(116-68)115-67-51(112-49)23-38-24-52(67)113-50-13-8-35(22-44(50)81)63(98)61-77(109)90-59(75(107)87-56-36-16-31-15-32(18-36)19-37(56)17-31)43-25-40(93)26-48(95)55(43)41-20-33(6-11-47(41)94)57(73(105)92-61)89-74(106)58(38)88-72(104)46(85-76(60)108)27-53(96)86-79(110)84-39-9-10-39/h6-8,11-13,20-26,29-32,36-37,39,45-46,54,56-66,68-70,78,83,93-95,97-102H,9-10,14-19,27-28,82H2,1-5H3,(H,85,108)(H,87,107)(H,88,104)(H,89,106)(H,90,109)(H,91,103)(H,92,105)(H2,84,86,96,110)/t30-,31?,32?,36?,37?,45+,46-,54-,56?,57+,58+,59-,60+,61-,62+,63+,64?,65-,66-,68+,69+,70+,78+,80-/m0/s1. The molecule has 116 heavy (non-hydrogen) atoms. The molecule has 8 heterocycles. The number of ether oxygens (including phenoxy) is 6. The van der Waals surface area contributed by atoms with Crippen LogP contribution in [0.15, 0.2) is 78.9 Å². The van der Waals surface area contributed by atoms with Crippen molar-refractivity contribution in [3.05, 3.63) is 117 Å². The Hall–Kier alpha value is -10.0. The van der Waals surface area contributed by atoms with E-state index in [9.17, 15) is 60.3 Å². The molecule has 36 heteroatoms. The number of urea groups is 1. The number of nitrogens with two attached hydrogens (primary N) is 1. The molecular formula is C80H94ClN11O24. The maximum atomic E-state index is 16.5. The van der Waals surface area contributed by atoms with E-state index >= 15 is 28.8 Å². The molecule has 5 saturated carbocycles. The first-order valence-corrected chi connectivity index (χ1v) is 39.3. The highest BCUT2D eigenvalue weighted by Gasteiger charge is 2.55. The van der Waals surface area contributed by atoms with Crippen LogP contribution in [0.4, 0.5) is 4.79 Å². The lowest BCUT2D eigenvalue weighted by Gasteiger charge is -2.54. The molecule has 18 rings (SSSR count). The number of rotatable bonds is 12. The van der Waals surface area contributed by atoms with Crippen LogP contribution in [-0.2, 0) is 52.6 Å². The number of imide groups is 1. The lowest BCUT2D eigenvalue weighted by Crippen LogP contribution is -2.64. The summed E-state index contributed by atoms with van der Waals surface area (Å²) in [5.74, 6) is -13.2. The van der Waals surface area contributed by atoms with Crippen molar-refractivity contribution < 1.29 is 118 Å². The molecule has 10 amide bonds. The zero-order chi connectivity index (χ0) is 82.5. The average molecular weight is 1630 g/mol. The molecular weight excluding hydrogens is 1530 g/mol. The third-order valence-corrected chi connectivity index (χ3v) is 24.2. The number of aliphatic hydroxyl groups is 6. The van der Waals surface area contributed by atoms with Crippen LogP contribution in [-0.4, -0.2) is 197 Å². The summed E-state index contributed by atoms with van der Waals surface area (Å²) in [5, 5.41) is 136. The van der Waals surface area contributed by atoms with Crippen LogP contribution in [0.5, 0.6) is 46.0 Å². The van der Waals surface area contributed by atoms with Crippen molar-refractivity contribution >= 4 is 64.9 Å². The summed E-state index contributed by atoms with van der Waals surface area (Å²) in [6.45, 7) is 6.66. The summed E-state index contributed by atoms with van der Waals surface area (Å²) >= 11 is 7.25. The Morgan fingerprint density at radius 2 is 1.30 bits per heavy atom. The fourth-order valence-corrected chi connectivity index (χ4v) is 18.3. The summed E-state index contributed by atoms with van der Waals surface area (Å²) in [4.78, 5) is 137. The molecule has 21 N–H and O–H groups in total. The second kappa shape index (κ2) is 32.1. The van der Waals surface area contributed by atoms with E-state index in [1.54, 1.807) is 0 Å². The minimum atomic E-state index is -2.36. The van der Waals surface area contributed by atoms with E-state index in [0.717, 1.165) is 86.7 Å². The van der Waals surface area contributed by atoms with Gasteiger partial charge in [0.2, 0.25) is 59.3 Å². The van der Waals surface area contributed by atoms with Gasteiger partial charge in [0.25, 0.3) is 0 Å². The molecule has 5 aliphatic carbocycles. The highest BCUT2D eigenvalue weighted by Crippen LogP contribution is 2.55. The van der Waals surface area contributed by atoms with E-state index in [4.69, 9.17) is 45.8 Å². The second-order valence-corrected chi connectivity index (χ2v) is 33.4. The van der Waals surface area contributed by atoms with Gasteiger partial charge >= 0.3 is 6.03 Å². The van der Waals surface area contributed by atoms with Crippen molar-refractivity contribution in [2.45, 2.75) is 219 Å². The first kappa shape index (κ1) is 81.1. The van der Waals surface area contributed by atoms with E-state index < -0.39 is 215 Å². The number of phenolic OH excluding ortho intramolecular Hbond substituents is 3. The molecule has 19 atom stereocenters. The Morgan fingerprint density at radius 3 is 1.97 bits per heavy atom. The van der Waals surface area contributed by atoms with E-state index in [2.05, 4.69) is 53.2 Å². The van der Waals surface area contributed by atoms with Crippen LogP contribution in [0, 0.1) is 29.6 Å². The number of likely N-dealkylation sites (N-methyl/N-ethyl adjacent to an activating group) is 1. The van der Waals surface area contributed by atoms with Crippen molar-refractivity contribution in [1.82, 2.24) is 53.2 Å². The van der Waals surface area contributed by atoms with Gasteiger partial charge in [0, 0.05) is 46.8 Å². The molecule has 18 bridgehead atoms. The molecule has 5 aromatic rings. The molecule has 8 aliphatic heterocycles. The number of hydrogen-bond donors (Lipinski definition) is 20. The first-order chi connectivity index (χ1) is 55.1. The Labute approximate surface area is 668 Å². The van der Waals surface area contributed by atoms with E-state index in [1.807, 2.05) is 13.8 Å². The zero-order valence-corrected chi connectivity index (χ0v) is 64.4. The fourth-order valence-electron chi connectivity index (χ4n) is 18.1. The van der Waals surface area contributed by atoms with Crippen LogP contribution in [0.25, 0.3) is 11.1 Å². The highest BCUT2D eigenvalue weighted by atomic mass is 35.5. The molecule has 7 fully saturated rings. The number of aliphatic hydroxyl groups excluding tert-OH is 6. The molecule has 0 radical (unpaired) electrons. The van der Waals surface area contributed by atoms with Gasteiger partial charge in [-0.2, -0.15) is 0 Å². The van der Waals surface area contributed by atoms with Gasteiger partial charge in [-0.05, 0) is 184 Å². The van der Waals surface area contributed by atoms with Crippen LogP contribution in [0.3, 0.4) is 0 Å². The van der Waals surface area contributed by atoms with Gasteiger partial charge < -0.3 is 128 Å². The van der Waals surface area contributed by atoms with Crippen molar-refractivity contribution in [3.8, 4) is 57.1 Å². The van der Waals surface area contributed by atoms with Crippen LogP contribution in [0.2, 0.25) is 5.02 Å². The van der Waals surface area contributed by atoms with Crippen molar-refractivity contribution in [3.63, 3.8) is 0 Å². The second-order valence-electron chi connectivity index (χ2n) is 33.0. The Kier molecular flexibility index (Phi) is 22.5. The largest absolute Gasteiger partial charge is 0.508 e. The lowest BCUT2D eigenvalue weighted by atomic mass is 9.54. The number of carbonyl (C=O) groups excluding carboxylic acids is 9. The van der Waals surface area contributed by atoms with Crippen molar-refractivity contribution in [1.29, 1.82) is 0 Å². The van der Waals surface area contributed by atoms with Gasteiger partial charge in [0.05, 0.1) is 29.7 Å². The summed E-state index contributed by atoms with van der Waals surface area (Å²) in [6, 6.07) is -1.15. The number of halogens is 1. The van der Waals surface area contributed by atoms with Crippen LogP contribution >= 0.6 is 11.6 Å². The van der Waals surface area contributed by atoms with Crippen molar-refractivity contribution in [2.24, 2.45) is 35.3 Å². The third kappa shape index (κ3) is 16.2. The van der Waals surface area contributed by atoms with Crippen molar-refractivity contribution in [2.75, 3.05) is 7.05 Å². The summed E-state index contributed by atoms with van der Waals surface area (Å²) in [5.41, 5.74) is 2.60. The number of benzene rings is 5. The molecule has 1 unspecified atom stereocenters. The summed E-state index contributed by atoms with van der Waals surface area (Å²) in [7, 11) is 1.47. The topological polar surface area (TPSA) is 537 Å². The number of aromatic hydroxyl groups is 3. The number of phenols is 3. The van der Waals surface area contributed by atoms with Gasteiger partial charge in [-0.15, -0.1) is 0 Å². The molecule has 0 spiro atoms. The van der Waals surface area contributed by atoms with E-state index in [-0.39, 0.29) is 98.1 Å².